The second-order valence-corrected chi connectivity index (χ2v) is 3.22. The monoisotopic (exact) mass is 225 g/mol. The van der Waals surface area contributed by atoms with Crippen molar-refractivity contribution in [2.75, 3.05) is 5.32 Å². The number of carboxylic acid groups (broad SMARTS) is 2. The summed E-state index contributed by atoms with van der Waals surface area (Å²) in [5.41, 5.74) is 0.829. The molecule has 1 atom stereocenters. The van der Waals surface area contributed by atoms with E-state index in [0.717, 1.165) is 5.56 Å². The van der Waals surface area contributed by atoms with Crippen molar-refractivity contribution in [2.24, 2.45) is 0 Å². The number of carboxylic acids is 2. The van der Waals surface area contributed by atoms with Crippen molar-refractivity contribution in [3.05, 3.63) is 18.0 Å². The lowest BCUT2D eigenvalue weighted by Gasteiger charge is -2.11. The Morgan fingerprint density at radius 1 is 1.38 bits per heavy atom. The Morgan fingerprint density at radius 2 is 1.94 bits per heavy atom. The van der Waals surface area contributed by atoms with Gasteiger partial charge < -0.3 is 15.5 Å². The van der Waals surface area contributed by atoms with Crippen molar-refractivity contribution in [3.8, 4) is 0 Å². The molecule has 16 heavy (non-hydrogen) atoms. The van der Waals surface area contributed by atoms with E-state index < -0.39 is 24.4 Å². The van der Waals surface area contributed by atoms with Crippen LogP contribution < -0.4 is 5.32 Å². The van der Waals surface area contributed by atoms with Crippen molar-refractivity contribution in [2.45, 2.75) is 19.4 Å². The molecule has 1 unspecified atom stereocenters. The summed E-state index contributed by atoms with van der Waals surface area (Å²) >= 11 is 0. The van der Waals surface area contributed by atoms with Gasteiger partial charge in [-0.15, -0.1) is 0 Å². The average Bonchev–Trinajstić information content (AvgIpc) is 2.19. The summed E-state index contributed by atoms with van der Waals surface area (Å²) in [4.78, 5) is 28.8. The highest BCUT2D eigenvalue weighted by atomic mass is 16.4. The Hall–Kier alpha value is -2.18. The first-order valence-corrected chi connectivity index (χ1v) is 4.49. The minimum atomic E-state index is -1.26. The van der Waals surface area contributed by atoms with Gasteiger partial charge in [-0.2, -0.15) is 0 Å². The van der Waals surface area contributed by atoms with Gasteiger partial charge in [-0.25, -0.2) is 14.8 Å². The van der Waals surface area contributed by atoms with Crippen LogP contribution in [0.4, 0.5) is 5.95 Å². The lowest BCUT2D eigenvalue weighted by atomic mass is 10.2. The first kappa shape index (κ1) is 11.9. The first-order chi connectivity index (χ1) is 7.49. The molecule has 0 spiro atoms. The van der Waals surface area contributed by atoms with Gasteiger partial charge in [0.2, 0.25) is 5.95 Å². The number of anilines is 1. The summed E-state index contributed by atoms with van der Waals surface area (Å²) in [6, 6.07) is -1.24. The summed E-state index contributed by atoms with van der Waals surface area (Å²) in [7, 11) is 0. The van der Waals surface area contributed by atoms with E-state index >= 15 is 0 Å². The Kier molecular flexibility index (Phi) is 3.76. The Labute approximate surface area is 91.2 Å². The highest BCUT2D eigenvalue weighted by Crippen LogP contribution is 2.04. The molecule has 0 saturated heterocycles. The number of nitrogens with zero attached hydrogens (tertiary/aromatic N) is 2. The molecule has 1 aromatic rings. The van der Waals surface area contributed by atoms with Crippen LogP contribution in [-0.4, -0.2) is 38.2 Å². The molecule has 86 valence electrons. The van der Waals surface area contributed by atoms with E-state index in [4.69, 9.17) is 10.2 Å². The van der Waals surface area contributed by atoms with E-state index in [0.29, 0.717) is 0 Å². The third-order valence-corrected chi connectivity index (χ3v) is 1.76. The number of carbonyl (C=O) groups is 2. The fourth-order valence-electron chi connectivity index (χ4n) is 0.998. The zero-order chi connectivity index (χ0) is 12.1. The molecule has 0 aliphatic rings. The minimum Gasteiger partial charge on any atom is -0.481 e. The first-order valence-electron chi connectivity index (χ1n) is 4.49. The van der Waals surface area contributed by atoms with Crippen LogP contribution in [0.15, 0.2) is 12.4 Å². The highest BCUT2D eigenvalue weighted by Gasteiger charge is 2.21. The van der Waals surface area contributed by atoms with Gasteiger partial charge in [-0.3, -0.25) is 4.79 Å². The largest absolute Gasteiger partial charge is 0.481 e. The van der Waals surface area contributed by atoms with E-state index in [-0.39, 0.29) is 5.95 Å². The molecule has 1 heterocycles. The maximum atomic E-state index is 10.7. The summed E-state index contributed by atoms with van der Waals surface area (Å²) < 4.78 is 0. The summed E-state index contributed by atoms with van der Waals surface area (Å²) in [6.07, 6.45) is 2.48. The second-order valence-electron chi connectivity index (χ2n) is 3.22. The smallest absolute Gasteiger partial charge is 0.326 e. The minimum absolute atomic E-state index is 0.0965. The van der Waals surface area contributed by atoms with Gasteiger partial charge in [-0.1, -0.05) is 0 Å². The third kappa shape index (κ3) is 3.52. The molecule has 0 fully saturated rings. The highest BCUT2D eigenvalue weighted by molar-refractivity contribution is 5.82. The van der Waals surface area contributed by atoms with Crippen LogP contribution in [0.2, 0.25) is 0 Å². The second kappa shape index (κ2) is 5.06. The van der Waals surface area contributed by atoms with E-state index in [2.05, 4.69) is 15.3 Å². The molecule has 0 amide bonds. The molecule has 0 bridgehead atoms. The topological polar surface area (TPSA) is 112 Å². The maximum Gasteiger partial charge on any atom is 0.326 e. The molecular weight excluding hydrogens is 214 g/mol. The van der Waals surface area contributed by atoms with Gasteiger partial charge in [0.1, 0.15) is 6.04 Å². The molecule has 0 aliphatic heterocycles. The van der Waals surface area contributed by atoms with Crippen molar-refractivity contribution >= 4 is 17.9 Å². The van der Waals surface area contributed by atoms with Gasteiger partial charge in [0.25, 0.3) is 0 Å². The molecule has 0 aromatic carbocycles. The lowest BCUT2D eigenvalue weighted by Crippen LogP contribution is -2.32. The summed E-state index contributed by atoms with van der Waals surface area (Å²) in [5, 5.41) is 19.7. The number of hydrogen-bond acceptors (Lipinski definition) is 5. The number of nitrogens with one attached hydrogen (secondary N) is 1. The van der Waals surface area contributed by atoms with Gasteiger partial charge in [0.05, 0.1) is 6.42 Å². The van der Waals surface area contributed by atoms with Crippen molar-refractivity contribution in [1.29, 1.82) is 0 Å². The fraction of sp³-hybridized carbons (Fsp3) is 0.333. The summed E-state index contributed by atoms with van der Waals surface area (Å²) in [5.74, 6) is -2.36. The number of aromatic nitrogens is 2. The van der Waals surface area contributed by atoms with Crippen LogP contribution in [0.3, 0.4) is 0 Å². The van der Waals surface area contributed by atoms with Crippen molar-refractivity contribution in [1.82, 2.24) is 9.97 Å². The Morgan fingerprint density at radius 3 is 2.38 bits per heavy atom. The quantitative estimate of drug-likeness (QED) is 0.652. The molecule has 7 nitrogen and oxygen atoms in total. The van der Waals surface area contributed by atoms with Gasteiger partial charge in [-0.05, 0) is 12.5 Å². The Balaban J connectivity index is 2.71. The number of rotatable bonds is 5. The van der Waals surface area contributed by atoms with Crippen LogP contribution >= 0.6 is 0 Å². The standard InChI is InChI=1S/C9H11N3O4/c1-5-3-10-9(11-4-5)12-6(8(15)16)2-7(13)14/h3-4,6H,2H2,1H3,(H,13,14)(H,15,16)(H,10,11,12). The van der Waals surface area contributed by atoms with Gasteiger partial charge in [0, 0.05) is 12.4 Å². The molecule has 7 heteroatoms. The fourth-order valence-corrected chi connectivity index (χ4v) is 0.998. The number of hydrogen-bond donors (Lipinski definition) is 3. The molecular formula is C9H11N3O4. The van der Waals surface area contributed by atoms with E-state index in [1.807, 2.05) is 0 Å². The zero-order valence-corrected chi connectivity index (χ0v) is 8.54. The van der Waals surface area contributed by atoms with Crippen molar-refractivity contribution < 1.29 is 19.8 Å². The van der Waals surface area contributed by atoms with Crippen LogP contribution in [0, 0.1) is 6.92 Å². The number of aryl methyl sites for hydroxylation is 1. The molecule has 0 aliphatic carbocycles. The normalized spacial score (nSPS) is 11.8. The predicted molar refractivity (Wildman–Crippen MR) is 54.1 cm³/mol. The van der Waals surface area contributed by atoms with Crippen molar-refractivity contribution in [3.63, 3.8) is 0 Å². The molecule has 0 radical (unpaired) electrons. The van der Waals surface area contributed by atoms with E-state index in [9.17, 15) is 9.59 Å². The van der Waals surface area contributed by atoms with Crippen LogP contribution in [0.1, 0.15) is 12.0 Å². The summed E-state index contributed by atoms with van der Waals surface area (Å²) in [6.45, 7) is 1.79. The van der Waals surface area contributed by atoms with Gasteiger partial charge in [0.15, 0.2) is 0 Å². The van der Waals surface area contributed by atoms with Crippen LogP contribution in [0.5, 0.6) is 0 Å². The molecule has 3 N–H and O–H groups in total. The molecule has 1 rings (SSSR count). The van der Waals surface area contributed by atoms with E-state index in [1.54, 1.807) is 6.92 Å². The molecule has 0 saturated carbocycles. The lowest BCUT2D eigenvalue weighted by molar-refractivity contribution is -0.144. The third-order valence-electron chi connectivity index (χ3n) is 1.76. The SMILES string of the molecule is Cc1cnc(NC(CC(=O)O)C(=O)O)nc1. The molecule has 1 aromatic heterocycles. The van der Waals surface area contributed by atoms with Crippen LogP contribution in [0.25, 0.3) is 0 Å². The van der Waals surface area contributed by atoms with Gasteiger partial charge >= 0.3 is 11.9 Å². The zero-order valence-electron chi connectivity index (χ0n) is 8.54. The Bertz CT molecular complexity index is 390. The van der Waals surface area contributed by atoms with Crippen LogP contribution in [-0.2, 0) is 9.59 Å². The average molecular weight is 225 g/mol. The van der Waals surface area contributed by atoms with E-state index in [1.165, 1.54) is 12.4 Å². The number of aliphatic carboxylic acids is 2. The predicted octanol–water partition coefficient (Wildman–Crippen LogP) is 0.125. The maximum absolute atomic E-state index is 10.7.